The van der Waals surface area contributed by atoms with E-state index in [9.17, 15) is 4.79 Å². The maximum Gasteiger partial charge on any atom is 0.151 e. The van der Waals surface area contributed by atoms with Crippen molar-refractivity contribution >= 4 is 22.2 Å². The van der Waals surface area contributed by atoms with Crippen molar-refractivity contribution in [3.8, 4) is 11.1 Å². The Morgan fingerprint density at radius 2 is 1.88 bits per heavy atom. The van der Waals surface area contributed by atoms with E-state index in [0.717, 1.165) is 21.9 Å². The lowest BCUT2D eigenvalue weighted by molar-refractivity contribution is 0.112. The first kappa shape index (κ1) is 11.1. The molecule has 0 saturated carbocycles. The first-order valence-electron chi connectivity index (χ1n) is 5.03. The van der Waals surface area contributed by atoms with Crippen LogP contribution in [0.15, 0.2) is 46.9 Å². The van der Waals surface area contributed by atoms with E-state index in [4.69, 9.17) is 0 Å². The number of halogens is 1. The molecule has 0 radical (unpaired) electrons. The van der Waals surface area contributed by atoms with Crippen LogP contribution in [0.25, 0.3) is 11.1 Å². The van der Waals surface area contributed by atoms with E-state index < -0.39 is 0 Å². The van der Waals surface area contributed by atoms with Crippen molar-refractivity contribution in [2.45, 2.75) is 6.92 Å². The summed E-state index contributed by atoms with van der Waals surface area (Å²) in [5.41, 5.74) is 4.13. The molecule has 1 nitrogen and oxygen atoms in total. The normalized spacial score (nSPS) is 10.1. The van der Waals surface area contributed by atoms with Crippen molar-refractivity contribution in [3.05, 3.63) is 58.1 Å². The maximum atomic E-state index is 10.9. The molecule has 2 aromatic rings. The van der Waals surface area contributed by atoms with Gasteiger partial charge in [-0.3, -0.25) is 4.79 Å². The Hall–Kier alpha value is -1.41. The molecule has 0 fully saturated rings. The van der Waals surface area contributed by atoms with Crippen LogP contribution in [0.2, 0.25) is 0 Å². The molecule has 0 aromatic heterocycles. The molecule has 0 atom stereocenters. The predicted octanol–water partition coefficient (Wildman–Crippen LogP) is 4.24. The number of carbonyl (C=O) groups excluding carboxylic acids is 1. The molecule has 0 spiro atoms. The van der Waals surface area contributed by atoms with E-state index in [1.54, 1.807) is 0 Å². The average molecular weight is 275 g/mol. The summed E-state index contributed by atoms with van der Waals surface area (Å²) in [6, 6.07) is 14.0. The number of benzene rings is 2. The monoisotopic (exact) mass is 274 g/mol. The molecule has 0 heterocycles. The lowest BCUT2D eigenvalue weighted by atomic mass is 9.99. The summed E-state index contributed by atoms with van der Waals surface area (Å²) in [7, 11) is 0. The minimum Gasteiger partial charge on any atom is -0.298 e. The molecule has 16 heavy (non-hydrogen) atoms. The Morgan fingerprint density at radius 3 is 2.56 bits per heavy atom. The number of hydrogen-bond donors (Lipinski definition) is 0. The van der Waals surface area contributed by atoms with Crippen LogP contribution in [-0.2, 0) is 0 Å². The molecule has 0 aliphatic rings. The first-order valence-corrected chi connectivity index (χ1v) is 5.82. The smallest absolute Gasteiger partial charge is 0.151 e. The zero-order chi connectivity index (χ0) is 11.5. The number of hydrogen-bond acceptors (Lipinski definition) is 1. The second kappa shape index (κ2) is 4.62. The number of rotatable bonds is 2. The second-order valence-electron chi connectivity index (χ2n) is 3.67. The van der Waals surface area contributed by atoms with Crippen LogP contribution >= 0.6 is 15.9 Å². The van der Waals surface area contributed by atoms with Gasteiger partial charge in [-0.05, 0) is 35.7 Å². The lowest BCUT2D eigenvalue weighted by Gasteiger charge is -2.07. The molecule has 0 saturated heterocycles. The SMILES string of the molecule is Cc1ccccc1-c1ccc(Br)c(C=O)c1. The molecule has 2 rings (SSSR count). The number of aldehydes is 1. The van der Waals surface area contributed by atoms with Crippen LogP contribution < -0.4 is 0 Å². The fourth-order valence-corrected chi connectivity index (χ4v) is 2.04. The van der Waals surface area contributed by atoms with Gasteiger partial charge in [0.05, 0.1) is 0 Å². The summed E-state index contributed by atoms with van der Waals surface area (Å²) in [6.07, 6.45) is 0.867. The van der Waals surface area contributed by atoms with Crippen LogP contribution in [0.1, 0.15) is 15.9 Å². The Kier molecular flexibility index (Phi) is 3.20. The summed E-state index contributed by atoms with van der Waals surface area (Å²) < 4.78 is 0.833. The van der Waals surface area contributed by atoms with Gasteiger partial charge in [0, 0.05) is 10.0 Å². The highest BCUT2D eigenvalue weighted by Crippen LogP contribution is 2.26. The second-order valence-corrected chi connectivity index (χ2v) is 4.52. The Labute approximate surface area is 103 Å². The fraction of sp³-hybridized carbons (Fsp3) is 0.0714. The third kappa shape index (κ3) is 2.07. The highest BCUT2D eigenvalue weighted by Gasteiger charge is 2.04. The Morgan fingerprint density at radius 1 is 1.12 bits per heavy atom. The van der Waals surface area contributed by atoms with Gasteiger partial charge in [0.25, 0.3) is 0 Å². The summed E-state index contributed by atoms with van der Waals surface area (Å²) >= 11 is 3.35. The van der Waals surface area contributed by atoms with Crippen LogP contribution in [0.3, 0.4) is 0 Å². The molecule has 2 aromatic carbocycles. The van der Waals surface area contributed by atoms with E-state index in [2.05, 4.69) is 35.0 Å². The van der Waals surface area contributed by atoms with Crippen LogP contribution in [-0.4, -0.2) is 6.29 Å². The highest BCUT2D eigenvalue weighted by atomic mass is 79.9. The van der Waals surface area contributed by atoms with Gasteiger partial charge in [-0.25, -0.2) is 0 Å². The van der Waals surface area contributed by atoms with Crippen molar-refractivity contribution in [2.24, 2.45) is 0 Å². The quantitative estimate of drug-likeness (QED) is 0.749. The van der Waals surface area contributed by atoms with Crippen LogP contribution in [0, 0.1) is 6.92 Å². The summed E-state index contributed by atoms with van der Waals surface area (Å²) in [5, 5.41) is 0. The molecule has 2 heteroatoms. The molecule has 0 bridgehead atoms. The van der Waals surface area contributed by atoms with E-state index in [-0.39, 0.29) is 0 Å². The van der Waals surface area contributed by atoms with Crippen molar-refractivity contribution in [1.82, 2.24) is 0 Å². The van der Waals surface area contributed by atoms with Crippen molar-refractivity contribution in [3.63, 3.8) is 0 Å². The Bertz CT molecular complexity index is 532. The zero-order valence-corrected chi connectivity index (χ0v) is 10.5. The third-order valence-electron chi connectivity index (χ3n) is 2.58. The van der Waals surface area contributed by atoms with Gasteiger partial charge in [-0.2, -0.15) is 0 Å². The van der Waals surface area contributed by atoms with Crippen molar-refractivity contribution < 1.29 is 4.79 Å². The van der Waals surface area contributed by atoms with Gasteiger partial charge in [0.1, 0.15) is 0 Å². The maximum absolute atomic E-state index is 10.9. The minimum atomic E-state index is 0.681. The summed E-state index contributed by atoms with van der Waals surface area (Å²) in [4.78, 5) is 10.9. The van der Waals surface area contributed by atoms with Gasteiger partial charge in [-0.1, -0.05) is 46.3 Å². The molecule has 0 aliphatic heterocycles. The molecule has 0 aliphatic carbocycles. The molecule has 0 N–H and O–H groups in total. The zero-order valence-electron chi connectivity index (χ0n) is 8.91. The molecule has 0 amide bonds. The average Bonchev–Trinajstić information content (AvgIpc) is 2.31. The van der Waals surface area contributed by atoms with E-state index in [1.165, 1.54) is 5.56 Å². The van der Waals surface area contributed by atoms with Gasteiger partial charge < -0.3 is 0 Å². The van der Waals surface area contributed by atoms with E-state index in [1.807, 2.05) is 30.3 Å². The molecular weight excluding hydrogens is 264 g/mol. The first-order chi connectivity index (χ1) is 7.72. The van der Waals surface area contributed by atoms with Crippen molar-refractivity contribution in [1.29, 1.82) is 0 Å². The molecule has 80 valence electrons. The van der Waals surface area contributed by atoms with E-state index >= 15 is 0 Å². The van der Waals surface area contributed by atoms with Gasteiger partial charge >= 0.3 is 0 Å². The van der Waals surface area contributed by atoms with Gasteiger partial charge in [-0.15, -0.1) is 0 Å². The standard InChI is InChI=1S/C14H11BrO/c1-10-4-2-3-5-13(10)11-6-7-14(15)12(8-11)9-16/h2-9H,1H3. The minimum absolute atomic E-state index is 0.681. The third-order valence-corrected chi connectivity index (χ3v) is 3.30. The van der Waals surface area contributed by atoms with E-state index in [0.29, 0.717) is 5.56 Å². The number of carbonyl (C=O) groups is 1. The number of aryl methyl sites for hydroxylation is 1. The highest BCUT2D eigenvalue weighted by molar-refractivity contribution is 9.10. The van der Waals surface area contributed by atoms with Gasteiger partial charge in [0.15, 0.2) is 6.29 Å². The summed E-state index contributed by atoms with van der Waals surface area (Å²) in [6.45, 7) is 2.07. The van der Waals surface area contributed by atoms with Crippen LogP contribution in [0.4, 0.5) is 0 Å². The van der Waals surface area contributed by atoms with Crippen molar-refractivity contribution in [2.75, 3.05) is 0 Å². The van der Waals surface area contributed by atoms with Gasteiger partial charge in [0.2, 0.25) is 0 Å². The largest absolute Gasteiger partial charge is 0.298 e. The summed E-state index contributed by atoms with van der Waals surface area (Å²) in [5.74, 6) is 0. The molecule has 0 unspecified atom stereocenters. The Balaban J connectivity index is 2.57. The predicted molar refractivity (Wildman–Crippen MR) is 69.7 cm³/mol. The van der Waals surface area contributed by atoms with Crippen LogP contribution in [0.5, 0.6) is 0 Å². The topological polar surface area (TPSA) is 17.1 Å². The lowest BCUT2D eigenvalue weighted by Crippen LogP contribution is -1.87. The fourth-order valence-electron chi connectivity index (χ4n) is 1.70. The molecular formula is C14H11BrO.